The molecule has 0 spiro atoms. The van der Waals surface area contributed by atoms with Gasteiger partial charge in [0.1, 0.15) is 16.8 Å². The molecule has 3 N–H and O–H groups in total. The van der Waals surface area contributed by atoms with Crippen molar-refractivity contribution in [1.29, 1.82) is 0 Å². The van der Waals surface area contributed by atoms with Crippen molar-refractivity contribution in [2.24, 2.45) is 0 Å². The molecule has 11 nitrogen and oxygen atoms in total. The quantitative estimate of drug-likeness (QED) is 0.459. The van der Waals surface area contributed by atoms with Crippen LogP contribution in [0.1, 0.15) is 38.4 Å². The van der Waals surface area contributed by atoms with Crippen LogP contribution in [-0.4, -0.2) is 62.5 Å². The molecule has 1 aliphatic rings. The summed E-state index contributed by atoms with van der Waals surface area (Å²) >= 11 is 0. The molecule has 0 unspecified atom stereocenters. The fourth-order valence-electron chi connectivity index (χ4n) is 4.59. The van der Waals surface area contributed by atoms with Gasteiger partial charge in [-0.25, -0.2) is 9.97 Å². The van der Waals surface area contributed by atoms with Crippen LogP contribution in [0.4, 0.5) is 11.6 Å². The summed E-state index contributed by atoms with van der Waals surface area (Å²) in [6, 6.07) is 5.72. The molecule has 1 fully saturated rings. The van der Waals surface area contributed by atoms with Crippen LogP contribution >= 0.6 is 0 Å². The molecule has 178 valence electrons. The first-order valence-electron chi connectivity index (χ1n) is 11.3. The van der Waals surface area contributed by atoms with E-state index < -0.39 is 5.54 Å². The molecule has 0 radical (unpaired) electrons. The van der Waals surface area contributed by atoms with Crippen molar-refractivity contribution in [3.05, 3.63) is 36.4 Å². The number of nitrogens with two attached hydrogens (primary N) is 1. The summed E-state index contributed by atoms with van der Waals surface area (Å²) in [7, 11) is 3.24. The van der Waals surface area contributed by atoms with Crippen molar-refractivity contribution in [2.45, 2.75) is 38.1 Å². The van der Waals surface area contributed by atoms with Gasteiger partial charge in [-0.3, -0.25) is 9.48 Å². The third-order valence-corrected chi connectivity index (χ3v) is 6.60. The second-order valence-electron chi connectivity index (χ2n) is 9.10. The molecule has 0 saturated carbocycles. The van der Waals surface area contributed by atoms with Gasteiger partial charge in [-0.1, -0.05) is 6.07 Å². The zero-order chi connectivity index (χ0) is 24.0. The van der Waals surface area contributed by atoms with Gasteiger partial charge in [-0.15, -0.1) is 5.10 Å². The number of benzene rings is 1. The van der Waals surface area contributed by atoms with E-state index in [9.17, 15) is 4.79 Å². The number of amides is 1. The highest BCUT2D eigenvalue weighted by Gasteiger charge is 2.31. The van der Waals surface area contributed by atoms with Gasteiger partial charge in [0.2, 0.25) is 11.9 Å². The highest BCUT2D eigenvalue weighted by molar-refractivity contribution is 5.95. The number of carbonyl (C=O) groups is 1. The topological polar surface area (TPSA) is 128 Å². The molecule has 1 saturated heterocycles. The van der Waals surface area contributed by atoms with Crippen molar-refractivity contribution in [2.75, 3.05) is 37.9 Å². The predicted octanol–water partition coefficient (Wildman–Crippen LogP) is 1.93. The Kier molecular flexibility index (Phi) is 5.26. The first-order chi connectivity index (χ1) is 16.3. The lowest BCUT2D eigenvalue weighted by Gasteiger charge is -2.32. The number of hydrogen-bond acceptors (Lipinski definition) is 8. The van der Waals surface area contributed by atoms with Crippen molar-refractivity contribution in [3.63, 3.8) is 0 Å². The van der Waals surface area contributed by atoms with E-state index in [0.29, 0.717) is 16.9 Å². The number of rotatable bonds is 5. The smallest absolute Gasteiger partial charge is 0.247 e. The molecular weight excluding hydrogens is 434 g/mol. The van der Waals surface area contributed by atoms with Crippen molar-refractivity contribution < 1.29 is 9.53 Å². The third-order valence-electron chi connectivity index (χ3n) is 6.60. The number of carbonyl (C=O) groups excluding carboxylic acids is 1. The fraction of sp³-hybridized carbons (Fsp3) is 0.435. The number of nitrogen functional groups attached to an aromatic ring is 1. The Morgan fingerprint density at radius 3 is 2.88 bits per heavy atom. The van der Waals surface area contributed by atoms with Crippen LogP contribution in [0.5, 0.6) is 5.75 Å². The van der Waals surface area contributed by atoms with Gasteiger partial charge < -0.3 is 20.7 Å². The van der Waals surface area contributed by atoms with E-state index in [-0.39, 0.29) is 17.8 Å². The molecule has 4 heterocycles. The molecule has 34 heavy (non-hydrogen) atoms. The minimum atomic E-state index is -0.780. The zero-order valence-corrected chi connectivity index (χ0v) is 19.8. The van der Waals surface area contributed by atoms with E-state index in [1.807, 2.05) is 44.4 Å². The Labute approximate surface area is 196 Å². The fourth-order valence-corrected chi connectivity index (χ4v) is 4.59. The Morgan fingerprint density at radius 1 is 1.29 bits per heavy atom. The van der Waals surface area contributed by atoms with E-state index in [0.717, 1.165) is 42.8 Å². The monoisotopic (exact) mass is 463 g/mol. The minimum absolute atomic E-state index is 0.0948. The molecule has 4 aromatic rings. The van der Waals surface area contributed by atoms with Crippen LogP contribution in [0.15, 0.2) is 30.6 Å². The number of ether oxygens (including phenoxy) is 1. The summed E-state index contributed by atoms with van der Waals surface area (Å²) in [5.74, 6) is 1.70. The number of nitrogens with zero attached hydrogens (tertiary/aromatic N) is 7. The highest BCUT2D eigenvalue weighted by Crippen LogP contribution is 2.32. The van der Waals surface area contributed by atoms with Crippen LogP contribution in [0.2, 0.25) is 0 Å². The summed E-state index contributed by atoms with van der Waals surface area (Å²) in [6.07, 6.45) is 5.70. The van der Waals surface area contributed by atoms with Gasteiger partial charge in [-0.2, -0.15) is 9.61 Å². The van der Waals surface area contributed by atoms with Crippen molar-refractivity contribution in [1.82, 2.24) is 34.7 Å². The molecule has 0 bridgehead atoms. The maximum absolute atomic E-state index is 12.3. The highest BCUT2D eigenvalue weighted by atomic mass is 16.5. The summed E-state index contributed by atoms with van der Waals surface area (Å²) in [4.78, 5) is 23.9. The summed E-state index contributed by atoms with van der Waals surface area (Å²) < 4.78 is 8.77. The van der Waals surface area contributed by atoms with Crippen LogP contribution in [0.25, 0.3) is 16.6 Å². The maximum Gasteiger partial charge on any atom is 0.247 e. The van der Waals surface area contributed by atoms with Crippen molar-refractivity contribution in [3.8, 4) is 5.75 Å². The number of piperidine rings is 1. The van der Waals surface area contributed by atoms with E-state index in [1.165, 1.54) is 0 Å². The molecule has 1 atom stereocenters. The lowest BCUT2D eigenvalue weighted by molar-refractivity contribution is -0.128. The second-order valence-corrected chi connectivity index (χ2v) is 9.10. The minimum Gasteiger partial charge on any atom is -0.494 e. The summed E-state index contributed by atoms with van der Waals surface area (Å²) in [6.45, 7) is 5.34. The third kappa shape index (κ3) is 3.47. The van der Waals surface area contributed by atoms with Gasteiger partial charge in [0.25, 0.3) is 0 Å². The van der Waals surface area contributed by atoms with Crippen LogP contribution in [0, 0.1) is 0 Å². The Hall–Kier alpha value is -3.89. The lowest BCUT2D eigenvalue weighted by atomic mass is 9.97. The van der Waals surface area contributed by atoms with Gasteiger partial charge in [0.15, 0.2) is 11.5 Å². The van der Waals surface area contributed by atoms with E-state index in [4.69, 9.17) is 20.6 Å². The molecular formula is C23H29N9O2. The van der Waals surface area contributed by atoms with E-state index in [1.54, 1.807) is 23.4 Å². The van der Waals surface area contributed by atoms with E-state index in [2.05, 4.69) is 20.3 Å². The van der Waals surface area contributed by atoms with Gasteiger partial charge in [0.05, 0.1) is 19.0 Å². The number of likely N-dealkylation sites (N-methyl/N-ethyl adjacent to an activating group) is 1. The second kappa shape index (κ2) is 8.15. The normalized spacial score (nSPS) is 16.8. The molecule has 11 heteroatoms. The largest absolute Gasteiger partial charge is 0.494 e. The number of anilines is 2. The van der Waals surface area contributed by atoms with Crippen LogP contribution in [-0.2, 0) is 10.3 Å². The summed E-state index contributed by atoms with van der Waals surface area (Å²) in [5.41, 5.74) is 7.77. The van der Waals surface area contributed by atoms with Gasteiger partial charge in [0, 0.05) is 37.6 Å². The van der Waals surface area contributed by atoms with Gasteiger partial charge in [-0.05, 0) is 38.8 Å². The van der Waals surface area contributed by atoms with Gasteiger partial charge >= 0.3 is 0 Å². The number of para-hydroxylation sites is 1. The average Bonchev–Trinajstić information content (AvgIpc) is 3.52. The number of hydrogen-bond donors (Lipinski definition) is 2. The lowest BCUT2D eigenvalue weighted by Crippen LogP contribution is -2.43. The van der Waals surface area contributed by atoms with Crippen LogP contribution in [0.3, 0.4) is 0 Å². The first kappa shape index (κ1) is 21.9. The maximum atomic E-state index is 12.3. The number of methoxy groups -OCH3 is 1. The first-order valence-corrected chi connectivity index (χ1v) is 11.3. The van der Waals surface area contributed by atoms with E-state index >= 15 is 0 Å². The average molecular weight is 464 g/mol. The Balaban J connectivity index is 1.45. The number of nitrogens with one attached hydrogen (secondary N) is 1. The standard InChI is InChI=1S/C23H29N9O2/c1-23(2,21(33)25-3)31-13-15(11-26-31)30-10-6-7-14(12-30)19-28-20-16-8-5-9-17(34-4)18(16)27-22(24)32(20)29-19/h5,8-9,11,13-14H,6-7,10,12H2,1-4H3,(H2,24,27)(H,25,33)/t14-/m1/s1. The Morgan fingerprint density at radius 2 is 2.12 bits per heavy atom. The SMILES string of the molecule is CNC(=O)C(C)(C)n1cc(N2CCC[C@@H](c3nc4c5cccc(OC)c5nc(N)n4n3)C2)cn1. The summed E-state index contributed by atoms with van der Waals surface area (Å²) in [5, 5.41) is 12.7. The zero-order valence-electron chi connectivity index (χ0n) is 19.8. The molecule has 5 rings (SSSR count). The van der Waals surface area contributed by atoms with Crippen LogP contribution < -0.4 is 20.7 Å². The number of fused-ring (bicyclic) bond motifs is 3. The molecule has 3 aromatic heterocycles. The molecule has 1 aromatic carbocycles. The van der Waals surface area contributed by atoms with Crippen molar-refractivity contribution >= 4 is 34.1 Å². The Bertz CT molecular complexity index is 1370. The molecule has 1 aliphatic heterocycles. The number of aromatic nitrogens is 6. The predicted molar refractivity (Wildman–Crippen MR) is 129 cm³/mol. The molecule has 0 aliphatic carbocycles. The molecule has 1 amide bonds.